The number of hydrogen-bond acceptors (Lipinski definition) is 5. The average Bonchev–Trinajstić information content (AvgIpc) is 3.34. The summed E-state index contributed by atoms with van der Waals surface area (Å²) in [5, 5.41) is 4.76. The van der Waals surface area contributed by atoms with Gasteiger partial charge in [0.15, 0.2) is 5.60 Å². The average molecular weight is 422 g/mol. The minimum absolute atomic E-state index is 0.175. The summed E-state index contributed by atoms with van der Waals surface area (Å²) in [6.07, 6.45) is 1.97. The third-order valence-electron chi connectivity index (χ3n) is 5.25. The van der Waals surface area contributed by atoms with E-state index in [1.165, 1.54) is 4.88 Å². The monoisotopic (exact) mass is 421 g/mol. The number of nitrogens with one attached hydrogen (secondary N) is 1. The van der Waals surface area contributed by atoms with Crippen molar-refractivity contribution in [2.24, 2.45) is 0 Å². The first-order chi connectivity index (χ1) is 14.6. The van der Waals surface area contributed by atoms with Crippen molar-refractivity contribution >= 4 is 23.2 Å². The fourth-order valence-corrected chi connectivity index (χ4v) is 4.45. The fourth-order valence-electron chi connectivity index (χ4n) is 3.72. The third-order valence-corrected chi connectivity index (χ3v) is 6.17. The molecule has 0 aliphatic carbocycles. The Balaban J connectivity index is 1.56. The number of pyridine rings is 1. The van der Waals surface area contributed by atoms with Gasteiger partial charge in [0.25, 0.3) is 11.8 Å². The van der Waals surface area contributed by atoms with Crippen LogP contribution in [0, 0.1) is 0 Å². The van der Waals surface area contributed by atoms with E-state index in [1.54, 1.807) is 47.7 Å². The highest BCUT2D eigenvalue weighted by molar-refractivity contribution is 7.13. The summed E-state index contributed by atoms with van der Waals surface area (Å²) >= 11 is 1.69. The highest BCUT2D eigenvalue weighted by Crippen LogP contribution is 2.28. The Morgan fingerprint density at radius 1 is 1.17 bits per heavy atom. The van der Waals surface area contributed by atoms with Crippen LogP contribution in [0.5, 0.6) is 0 Å². The second-order valence-electron chi connectivity index (χ2n) is 7.21. The van der Waals surface area contributed by atoms with Gasteiger partial charge in [0.05, 0.1) is 13.2 Å². The molecule has 2 amide bonds. The molecule has 1 saturated heterocycles. The van der Waals surface area contributed by atoms with Gasteiger partial charge < -0.3 is 15.0 Å². The van der Waals surface area contributed by atoms with Gasteiger partial charge in [0.1, 0.15) is 5.69 Å². The Morgan fingerprint density at radius 2 is 2.00 bits per heavy atom. The smallest absolute Gasteiger partial charge is 0.272 e. The van der Waals surface area contributed by atoms with Gasteiger partial charge in [-0.25, -0.2) is 0 Å². The number of likely N-dealkylation sites (N-methyl/N-ethyl adjacent to an activating group) is 1. The molecule has 1 aromatic carbocycles. The van der Waals surface area contributed by atoms with Gasteiger partial charge in [-0.1, -0.05) is 36.4 Å². The first-order valence-corrected chi connectivity index (χ1v) is 10.7. The Kier molecular flexibility index (Phi) is 5.92. The normalized spacial score (nSPS) is 18.8. The van der Waals surface area contributed by atoms with E-state index in [0.717, 1.165) is 11.1 Å². The molecular weight excluding hydrogens is 398 g/mol. The van der Waals surface area contributed by atoms with Crippen molar-refractivity contribution in [1.82, 2.24) is 15.2 Å². The van der Waals surface area contributed by atoms with Crippen LogP contribution in [0.3, 0.4) is 0 Å². The van der Waals surface area contributed by atoms with E-state index in [-0.39, 0.29) is 18.4 Å². The molecule has 1 aliphatic rings. The van der Waals surface area contributed by atoms with Crippen molar-refractivity contribution < 1.29 is 14.3 Å². The number of morpholine rings is 1. The second kappa shape index (κ2) is 8.77. The van der Waals surface area contributed by atoms with Gasteiger partial charge in [-0.15, -0.1) is 11.3 Å². The SMILES string of the molecule is CNC(=O)C1(Cc2ccc(-c3cccs3)cc2)CN(C(=O)c2ccccn2)CCO1. The number of ether oxygens (including phenoxy) is 1. The number of rotatable bonds is 5. The van der Waals surface area contributed by atoms with E-state index in [4.69, 9.17) is 4.74 Å². The number of hydrogen-bond donors (Lipinski definition) is 1. The number of carbonyl (C=O) groups excluding carboxylic acids is 2. The lowest BCUT2D eigenvalue weighted by Gasteiger charge is -2.41. The zero-order valence-electron chi connectivity index (χ0n) is 16.7. The molecule has 1 aliphatic heterocycles. The molecule has 3 aromatic rings. The highest BCUT2D eigenvalue weighted by Gasteiger charge is 2.44. The Morgan fingerprint density at radius 3 is 2.67 bits per heavy atom. The van der Waals surface area contributed by atoms with Crippen molar-refractivity contribution in [3.05, 3.63) is 77.4 Å². The Labute approximate surface area is 179 Å². The molecule has 1 N–H and O–H groups in total. The van der Waals surface area contributed by atoms with E-state index in [2.05, 4.69) is 28.5 Å². The van der Waals surface area contributed by atoms with Crippen molar-refractivity contribution in [2.45, 2.75) is 12.0 Å². The van der Waals surface area contributed by atoms with Crippen molar-refractivity contribution in [2.75, 3.05) is 26.7 Å². The third kappa shape index (κ3) is 4.13. The lowest BCUT2D eigenvalue weighted by molar-refractivity contribution is -0.156. The van der Waals surface area contributed by atoms with Crippen LogP contribution in [0.1, 0.15) is 16.1 Å². The molecule has 30 heavy (non-hydrogen) atoms. The number of carbonyl (C=O) groups is 2. The summed E-state index contributed by atoms with van der Waals surface area (Å²) in [5.41, 5.74) is 1.35. The summed E-state index contributed by atoms with van der Waals surface area (Å²) in [4.78, 5) is 32.8. The van der Waals surface area contributed by atoms with Gasteiger partial charge in [0, 0.05) is 31.1 Å². The number of thiophene rings is 1. The summed E-state index contributed by atoms with van der Waals surface area (Å²) in [6.45, 7) is 0.888. The Bertz CT molecular complexity index is 1010. The molecule has 2 aromatic heterocycles. The number of aromatic nitrogens is 1. The van der Waals surface area contributed by atoms with Gasteiger partial charge in [-0.05, 0) is 34.7 Å². The maximum Gasteiger partial charge on any atom is 0.272 e. The highest BCUT2D eigenvalue weighted by atomic mass is 32.1. The fraction of sp³-hybridized carbons (Fsp3) is 0.261. The van der Waals surface area contributed by atoms with E-state index < -0.39 is 5.60 Å². The Hall–Kier alpha value is -3.03. The van der Waals surface area contributed by atoms with E-state index in [0.29, 0.717) is 25.3 Å². The molecule has 1 atom stereocenters. The predicted octanol–water partition coefficient (Wildman–Crippen LogP) is 3.01. The molecular formula is C23H23N3O3S. The number of benzene rings is 1. The minimum atomic E-state index is -1.14. The maximum absolute atomic E-state index is 12.9. The van der Waals surface area contributed by atoms with Crippen LogP contribution in [0.2, 0.25) is 0 Å². The van der Waals surface area contributed by atoms with E-state index in [1.807, 2.05) is 23.6 Å². The molecule has 6 nitrogen and oxygen atoms in total. The predicted molar refractivity (Wildman–Crippen MR) is 116 cm³/mol. The zero-order chi connectivity index (χ0) is 21.0. The first kappa shape index (κ1) is 20.3. The van der Waals surface area contributed by atoms with E-state index in [9.17, 15) is 9.59 Å². The minimum Gasteiger partial charge on any atom is -0.361 e. The molecule has 7 heteroatoms. The quantitative estimate of drug-likeness (QED) is 0.688. The van der Waals surface area contributed by atoms with Crippen LogP contribution in [-0.4, -0.2) is 54.0 Å². The zero-order valence-corrected chi connectivity index (χ0v) is 17.5. The van der Waals surface area contributed by atoms with Crippen LogP contribution in [0.25, 0.3) is 10.4 Å². The molecule has 0 radical (unpaired) electrons. The van der Waals surface area contributed by atoms with Crippen LogP contribution in [0.4, 0.5) is 0 Å². The molecule has 4 rings (SSSR count). The number of amides is 2. The van der Waals surface area contributed by atoms with Crippen LogP contribution in [0.15, 0.2) is 66.2 Å². The van der Waals surface area contributed by atoms with Gasteiger partial charge >= 0.3 is 0 Å². The second-order valence-corrected chi connectivity index (χ2v) is 8.16. The lowest BCUT2D eigenvalue weighted by Crippen LogP contribution is -2.61. The summed E-state index contributed by atoms with van der Waals surface area (Å²) in [5.74, 6) is -0.427. The molecule has 1 unspecified atom stereocenters. The standard InChI is InChI=1S/C23H23N3O3S/c1-24-22(28)23(15-17-7-9-18(10-8-17)20-6-4-14-30-20)16-26(12-13-29-23)21(27)19-5-2-3-11-25-19/h2-11,14H,12-13,15-16H2,1H3,(H,24,28). The van der Waals surface area contributed by atoms with Gasteiger partial charge in [-0.2, -0.15) is 0 Å². The van der Waals surface area contributed by atoms with Crippen LogP contribution in [-0.2, 0) is 16.0 Å². The lowest BCUT2D eigenvalue weighted by atomic mass is 9.90. The van der Waals surface area contributed by atoms with Crippen LogP contribution >= 0.6 is 11.3 Å². The van der Waals surface area contributed by atoms with Crippen molar-refractivity contribution in [1.29, 1.82) is 0 Å². The van der Waals surface area contributed by atoms with E-state index >= 15 is 0 Å². The topological polar surface area (TPSA) is 71.5 Å². The molecule has 0 bridgehead atoms. The molecule has 154 valence electrons. The van der Waals surface area contributed by atoms with Crippen LogP contribution < -0.4 is 5.32 Å². The summed E-state index contributed by atoms with van der Waals surface area (Å²) in [7, 11) is 1.59. The largest absolute Gasteiger partial charge is 0.361 e. The summed E-state index contributed by atoms with van der Waals surface area (Å²) in [6, 6.07) is 17.5. The maximum atomic E-state index is 12.9. The number of nitrogens with zero attached hydrogens (tertiary/aromatic N) is 2. The first-order valence-electron chi connectivity index (χ1n) is 9.80. The molecule has 0 saturated carbocycles. The van der Waals surface area contributed by atoms with Crippen molar-refractivity contribution in [3.63, 3.8) is 0 Å². The molecule has 0 spiro atoms. The van der Waals surface area contributed by atoms with Gasteiger partial charge in [-0.3, -0.25) is 14.6 Å². The summed E-state index contributed by atoms with van der Waals surface area (Å²) < 4.78 is 6.02. The molecule has 1 fully saturated rings. The van der Waals surface area contributed by atoms with Gasteiger partial charge in [0.2, 0.25) is 0 Å². The molecule has 3 heterocycles. The van der Waals surface area contributed by atoms with Crippen molar-refractivity contribution in [3.8, 4) is 10.4 Å².